The van der Waals surface area contributed by atoms with E-state index in [1.165, 1.54) is 0 Å². The lowest BCUT2D eigenvalue weighted by molar-refractivity contribution is 0.219. The first-order valence-electron chi connectivity index (χ1n) is 8.17. The zero-order valence-electron chi connectivity index (χ0n) is 13.8. The fraction of sp³-hybridized carbons (Fsp3) is 0.529. The molecule has 23 heavy (non-hydrogen) atoms. The molecule has 2 amide bonds. The van der Waals surface area contributed by atoms with E-state index in [1.54, 1.807) is 0 Å². The summed E-state index contributed by atoms with van der Waals surface area (Å²) in [7, 11) is 0. The average Bonchev–Trinajstić information content (AvgIpc) is 2.94. The van der Waals surface area contributed by atoms with Gasteiger partial charge in [-0.2, -0.15) is 0 Å². The van der Waals surface area contributed by atoms with Gasteiger partial charge in [0.05, 0.1) is 17.4 Å². The number of hydrogen-bond donors (Lipinski definition) is 3. The number of aryl methyl sites for hydroxylation is 1. The molecule has 0 saturated heterocycles. The Labute approximate surface area is 136 Å². The topological polar surface area (TPSA) is 79.2 Å². The van der Waals surface area contributed by atoms with Gasteiger partial charge in [0.15, 0.2) is 0 Å². The molecule has 2 rings (SSSR count). The van der Waals surface area contributed by atoms with Crippen molar-refractivity contribution in [3.8, 4) is 0 Å². The number of aliphatic hydroxyl groups excluding tert-OH is 1. The lowest BCUT2D eigenvalue weighted by atomic mass is 10.0. The number of carbonyl (C=O) groups excluding carboxylic acids is 1. The number of hydrogen-bond acceptors (Lipinski definition) is 3. The molecule has 3 N–H and O–H groups in total. The Kier molecular flexibility index (Phi) is 6.40. The van der Waals surface area contributed by atoms with Gasteiger partial charge in [0, 0.05) is 25.7 Å². The summed E-state index contributed by atoms with van der Waals surface area (Å²) >= 11 is 0. The van der Waals surface area contributed by atoms with E-state index >= 15 is 0 Å². The summed E-state index contributed by atoms with van der Waals surface area (Å²) in [5.74, 6) is 0.296. The predicted octanol–water partition coefficient (Wildman–Crippen LogP) is 2.13. The van der Waals surface area contributed by atoms with Gasteiger partial charge in [-0.1, -0.05) is 26.0 Å². The van der Waals surface area contributed by atoms with Crippen LogP contribution in [0.3, 0.4) is 0 Å². The van der Waals surface area contributed by atoms with Crippen LogP contribution in [0.2, 0.25) is 0 Å². The number of fused-ring (bicyclic) bond motifs is 1. The lowest BCUT2D eigenvalue weighted by Gasteiger charge is -2.21. The standard InChI is InChI=1S/C17H26N4O2/c1-13(2)14(8-11-22)20-17(23)18-9-5-10-21-12-19-15-6-3-4-7-16(15)21/h3-4,6-7,12-14,22H,5,8-11H2,1-2H3,(H2,18,20,23). The molecule has 6 nitrogen and oxygen atoms in total. The molecule has 0 fully saturated rings. The molecule has 0 aliphatic rings. The number of nitrogens with one attached hydrogen (secondary N) is 2. The fourth-order valence-electron chi connectivity index (χ4n) is 2.57. The van der Waals surface area contributed by atoms with Gasteiger partial charge in [0.2, 0.25) is 0 Å². The van der Waals surface area contributed by atoms with Crippen LogP contribution in [-0.4, -0.2) is 39.9 Å². The zero-order chi connectivity index (χ0) is 16.7. The monoisotopic (exact) mass is 318 g/mol. The Morgan fingerprint density at radius 1 is 1.35 bits per heavy atom. The molecule has 0 aliphatic heterocycles. The molecule has 0 saturated carbocycles. The molecule has 1 aromatic heterocycles. The normalized spacial score (nSPS) is 12.5. The largest absolute Gasteiger partial charge is 0.396 e. The van der Waals surface area contributed by atoms with Gasteiger partial charge in [-0.3, -0.25) is 0 Å². The van der Waals surface area contributed by atoms with Gasteiger partial charge < -0.3 is 20.3 Å². The molecule has 126 valence electrons. The molecule has 1 unspecified atom stereocenters. The van der Waals surface area contributed by atoms with Crippen molar-refractivity contribution < 1.29 is 9.90 Å². The Morgan fingerprint density at radius 3 is 2.87 bits per heavy atom. The van der Waals surface area contributed by atoms with Crippen molar-refractivity contribution in [2.24, 2.45) is 5.92 Å². The summed E-state index contributed by atoms with van der Waals surface area (Å²) in [6.45, 7) is 5.56. The van der Waals surface area contributed by atoms with Crippen molar-refractivity contribution >= 4 is 17.1 Å². The summed E-state index contributed by atoms with van der Waals surface area (Å²) in [6, 6.07) is 7.84. The highest BCUT2D eigenvalue weighted by Crippen LogP contribution is 2.11. The second-order valence-electron chi connectivity index (χ2n) is 6.04. The summed E-state index contributed by atoms with van der Waals surface area (Å²) in [6.07, 6.45) is 3.24. The Bertz CT molecular complexity index is 624. The third kappa shape index (κ3) is 4.96. The first-order valence-corrected chi connectivity index (χ1v) is 8.17. The SMILES string of the molecule is CC(C)C(CCO)NC(=O)NCCCn1cnc2ccccc21. The molecular formula is C17H26N4O2. The van der Waals surface area contributed by atoms with E-state index in [0.717, 1.165) is 24.0 Å². The first-order chi connectivity index (χ1) is 11.1. The molecule has 0 aliphatic carbocycles. The lowest BCUT2D eigenvalue weighted by Crippen LogP contribution is -2.45. The molecule has 2 aromatic rings. The molecular weight excluding hydrogens is 292 g/mol. The number of rotatable bonds is 8. The highest BCUT2D eigenvalue weighted by molar-refractivity contribution is 5.75. The van der Waals surface area contributed by atoms with E-state index in [1.807, 2.05) is 44.4 Å². The molecule has 0 spiro atoms. The van der Waals surface area contributed by atoms with Crippen LogP contribution < -0.4 is 10.6 Å². The summed E-state index contributed by atoms with van der Waals surface area (Å²) in [5.41, 5.74) is 2.10. The van der Waals surface area contributed by atoms with E-state index in [9.17, 15) is 4.79 Å². The molecule has 1 heterocycles. The van der Waals surface area contributed by atoms with Crippen LogP contribution in [0.1, 0.15) is 26.7 Å². The molecule has 1 aromatic carbocycles. The quantitative estimate of drug-likeness (QED) is 0.652. The number of benzene rings is 1. The first kappa shape index (κ1) is 17.3. The van der Waals surface area contributed by atoms with E-state index in [2.05, 4.69) is 20.2 Å². The number of urea groups is 1. The van der Waals surface area contributed by atoms with Gasteiger partial charge in [0.1, 0.15) is 0 Å². The third-order valence-corrected chi connectivity index (χ3v) is 3.95. The minimum atomic E-state index is -0.173. The van der Waals surface area contributed by atoms with Crippen molar-refractivity contribution in [3.63, 3.8) is 0 Å². The molecule has 6 heteroatoms. The van der Waals surface area contributed by atoms with Crippen molar-refractivity contribution in [2.75, 3.05) is 13.2 Å². The van der Waals surface area contributed by atoms with Crippen molar-refractivity contribution in [2.45, 2.75) is 39.3 Å². The summed E-state index contributed by atoms with van der Waals surface area (Å²) < 4.78 is 2.09. The van der Waals surface area contributed by atoms with Crippen LogP contribution in [0.4, 0.5) is 4.79 Å². The second kappa shape index (κ2) is 8.53. The summed E-state index contributed by atoms with van der Waals surface area (Å²) in [5, 5.41) is 14.8. The second-order valence-corrected chi connectivity index (χ2v) is 6.04. The molecule has 0 bridgehead atoms. The molecule has 0 radical (unpaired) electrons. The average molecular weight is 318 g/mol. The number of amides is 2. The van der Waals surface area contributed by atoms with Crippen LogP contribution >= 0.6 is 0 Å². The van der Waals surface area contributed by atoms with E-state index in [0.29, 0.717) is 18.9 Å². The zero-order valence-corrected chi connectivity index (χ0v) is 13.8. The van der Waals surface area contributed by atoms with Crippen LogP contribution in [-0.2, 0) is 6.54 Å². The van der Waals surface area contributed by atoms with E-state index in [4.69, 9.17) is 5.11 Å². The number of aromatic nitrogens is 2. The van der Waals surface area contributed by atoms with Crippen molar-refractivity contribution in [3.05, 3.63) is 30.6 Å². The maximum absolute atomic E-state index is 11.9. The Balaban J connectivity index is 1.73. The van der Waals surface area contributed by atoms with Gasteiger partial charge >= 0.3 is 6.03 Å². The van der Waals surface area contributed by atoms with Gasteiger partial charge in [-0.25, -0.2) is 9.78 Å². The van der Waals surface area contributed by atoms with Crippen LogP contribution in [0.15, 0.2) is 30.6 Å². The highest BCUT2D eigenvalue weighted by atomic mass is 16.3. The Hall–Kier alpha value is -2.08. The minimum Gasteiger partial charge on any atom is -0.396 e. The van der Waals surface area contributed by atoms with Crippen molar-refractivity contribution in [1.82, 2.24) is 20.2 Å². The number of para-hydroxylation sites is 2. The third-order valence-electron chi connectivity index (χ3n) is 3.95. The Morgan fingerprint density at radius 2 is 2.13 bits per heavy atom. The fourth-order valence-corrected chi connectivity index (χ4v) is 2.57. The van der Waals surface area contributed by atoms with Gasteiger partial charge in [0.25, 0.3) is 0 Å². The minimum absolute atomic E-state index is 0.00223. The maximum Gasteiger partial charge on any atom is 0.315 e. The number of nitrogens with zero attached hydrogens (tertiary/aromatic N) is 2. The van der Waals surface area contributed by atoms with Crippen LogP contribution in [0, 0.1) is 5.92 Å². The van der Waals surface area contributed by atoms with Crippen molar-refractivity contribution in [1.29, 1.82) is 0 Å². The number of imidazole rings is 1. The van der Waals surface area contributed by atoms with Gasteiger partial charge in [-0.05, 0) is 30.9 Å². The van der Waals surface area contributed by atoms with Crippen LogP contribution in [0.5, 0.6) is 0 Å². The number of aliphatic hydroxyl groups is 1. The smallest absolute Gasteiger partial charge is 0.315 e. The highest BCUT2D eigenvalue weighted by Gasteiger charge is 2.15. The number of carbonyl (C=O) groups is 1. The van der Waals surface area contributed by atoms with E-state index in [-0.39, 0.29) is 18.7 Å². The van der Waals surface area contributed by atoms with Gasteiger partial charge in [-0.15, -0.1) is 0 Å². The summed E-state index contributed by atoms with van der Waals surface area (Å²) in [4.78, 5) is 16.2. The predicted molar refractivity (Wildman–Crippen MR) is 91.2 cm³/mol. The maximum atomic E-state index is 11.9. The molecule has 1 atom stereocenters. The van der Waals surface area contributed by atoms with Crippen LogP contribution in [0.25, 0.3) is 11.0 Å². The van der Waals surface area contributed by atoms with E-state index < -0.39 is 0 Å².